The molecule has 0 N–H and O–H groups in total. The van der Waals surface area contributed by atoms with Crippen LogP contribution in [0.25, 0.3) is 0 Å². The molecule has 0 fully saturated rings. The van der Waals surface area contributed by atoms with Gasteiger partial charge in [0.1, 0.15) is 0 Å². The largest absolute Gasteiger partial charge is 0.463 e. The summed E-state index contributed by atoms with van der Waals surface area (Å²) in [5.74, 6) is -0.414. The van der Waals surface area contributed by atoms with Crippen molar-refractivity contribution in [1.29, 1.82) is 0 Å². The van der Waals surface area contributed by atoms with E-state index in [-0.39, 0.29) is 18.4 Å². The summed E-state index contributed by atoms with van der Waals surface area (Å²) in [5.41, 5.74) is 0.404. The first-order chi connectivity index (χ1) is 8.70. The van der Waals surface area contributed by atoms with Crippen LogP contribution in [0.2, 0.25) is 0 Å². The topological polar surface area (TPSA) is 61.8 Å². The molecule has 0 heterocycles. The number of carbonyl (C=O) groups is 1. The van der Waals surface area contributed by atoms with Crippen molar-refractivity contribution in [2.75, 3.05) is 12.8 Å². The van der Waals surface area contributed by atoms with Gasteiger partial charge in [0.15, 0.2) is 0 Å². The van der Waals surface area contributed by atoms with Gasteiger partial charge in [-0.05, 0) is 41.5 Å². The van der Waals surface area contributed by atoms with Crippen molar-refractivity contribution in [3.63, 3.8) is 0 Å². The van der Waals surface area contributed by atoms with E-state index in [1.165, 1.54) is 0 Å². The Balaban J connectivity index is 4.78. The van der Waals surface area contributed by atoms with Crippen molar-refractivity contribution in [3.8, 4) is 0 Å². The van der Waals surface area contributed by atoms with Crippen LogP contribution in [-0.4, -0.2) is 30.9 Å². The molecule has 19 heavy (non-hydrogen) atoms. The molecule has 0 aromatic rings. The standard InChI is InChI=1S/C13H25O5P/c1-7-16-13(14)12(6)8-9-19(15,17-10(2)3)18-11(4)5/h8,10-11H,7,9H2,1-6H3. The Morgan fingerprint density at radius 2 is 1.63 bits per heavy atom. The second-order valence-corrected chi connectivity index (χ2v) is 6.72. The maximum atomic E-state index is 12.5. The molecular formula is C13H25O5P. The van der Waals surface area contributed by atoms with E-state index >= 15 is 0 Å². The molecule has 0 radical (unpaired) electrons. The van der Waals surface area contributed by atoms with Crippen LogP contribution < -0.4 is 0 Å². The maximum Gasteiger partial charge on any atom is 0.334 e. The van der Waals surface area contributed by atoms with Gasteiger partial charge in [-0.3, -0.25) is 4.57 Å². The molecule has 0 aromatic heterocycles. The average Bonchev–Trinajstić information content (AvgIpc) is 2.23. The molecule has 0 aromatic carbocycles. The van der Waals surface area contributed by atoms with E-state index in [0.717, 1.165) is 0 Å². The molecule has 0 aliphatic carbocycles. The van der Waals surface area contributed by atoms with Crippen molar-refractivity contribution in [3.05, 3.63) is 11.6 Å². The predicted octanol–water partition coefficient (Wildman–Crippen LogP) is 3.54. The zero-order chi connectivity index (χ0) is 15.1. The van der Waals surface area contributed by atoms with Crippen molar-refractivity contribution in [1.82, 2.24) is 0 Å². The van der Waals surface area contributed by atoms with Gasteiger partial charge in [-0.1, -0.05) is 6.08 Å². The van der Waals surface area contributed by atoms with Gasteiger partial charge < -0.3 is 13.8 Å². The van der Waals surface area contributed by atoms with Gasteiger partial charge >= 0.3 is 13.6 Å². The molecule has 0 aliphatic heterocycles. The number of esters is 1. The molecule has 0 bridgehead atoms. The van der Waals surface area contributed by atoms with E-state index in [9.17, 15) is 9.36 Å². The van der Waals surface area contributed by atoms with Gasteiger partial charge in [0.25, 0.3) is 0 Å². The third kappa shape index (κ3) is 8.19. The van der Waals surface area contributed by atoms with Gasteiger partial charge in [-0.2, -0.15) is 0 Å². The number of carbonyl (C=O) groups excluding carboxylic acids is 1. The first-order valence-electron chi connectivity index (χ1n) is 6.50. The molecule has 0 saturated carbocycles. The summed E-state index contributed by atoms with van der Waals surface area (Å²) < 4.78 is 28.1. The molecule has 112 valence electrons. The summed E-state index contributed by atoms with van der Waals surface area (Å²) in [7, 11) is -3.23. The van der Waals surface area contributed by atoms with Crippen LogP contribution in [0.15, 0.2) is 11.6 Å². The van der Waals surface area contributed by atoms with E-state index in [2.05, 4.69) is 0 Å². The molecule has 0 saturated heterocycles. The zero-order valence-electron chi connectivity index (χ0n) is 12.6. The first-order valence-corrected chi connectivity index (χ1v) is 8.22. The van der Waals surface area contributed by atoms with Crippen LogP contribution in [0, 0.1) is 0 Å². The fraction of sp³-hybridized carbons (Fsp3) is 0.769. The molecule has 6 heteroatoms. The molecule has 0 rings (SSSR count). The minimum absolute atomic E-state index is 0.0635. The number of allylic oxidation sites excluding steroid dienone is 1. The first kappa shape index (κ1) is 18.4. The van der Waals surface area contributed by atoms with Crippen LogP contribution in [0.3, 0.4) is 0 Å². The van der Waals surface area contributed by atoms with Crippen LogP contribution in [0.5, 0.6) is 0 Å². The molecule has 5 nitrogen and oxygen atoms in total. The molecule has 0 amide bonds. The molecule has 0 unspecified atom stereocenters. The van der Waals surface area contributed by atoms with E-state index in [1.54, 1.807) is 47.6 Å². The van der Waals surface area contributed by atoms with E-state index in [1.807, 2.05) is 0 Å². The summed E-state index contributed by atoms with van der Waals surface area (Å²) >= 11 is 0. The Morgan fingerprint density at radius 3 is 2.00 bits per heavy atom. The highest BCUT2D eigenvalue weighted by molar-refractivity contribution is 7.54. The van der Waals surface area contributed by atoms with Crippen molar-refractivity contribution in [2.45, 2.75) is 53.8 Å². The third-order valence-electron chi connectivity index (χ3n) is 1.96. The Kier molecular flexibility index (Phi) is 8.23. The van der Waals surface area contributed by atoms with Crippen LogP contribution in [0.4, 0.5) is 0 Å². The van der Waals surface area contributed by atoms with E-state index in [4.69, 9.17) is 13.8 Å². The lowest BCUT2D eigenvalue weighted by molar-refractivity contribution is -0.138. The van der Waals surface area contributed by atoms with Crippen LogP contribution in [-0.2, 0) is 23.1 Å². The highest BCUT2D eigenvalue weighted by Gasteiger charge is 2.26. The Bertz CT molecular complexity index is 346. The second kappa shape index (κ2) is 8.51. The van der Waals surface area contributed by atoms with E-state index in [0.29, 0.717) is 12.2 Å². The Morgan fingerprint density at radius 1 is 1.16 bits per heavy atom. The van der Waals surface area contributed by atoms with Crippen molar-refractivity contribution < 1.29 is 23.1 Å². The lowest BCUT2D eigenvalue weighted by atomic mass is 10.3. The summed E-state index contributed by atoms with van der Waals surface area (Å²) in [6.45, 7) is 10.8. The highest BCUT2D eigenvalue weighted by Crippen LogP contribution is 2.50. The quantitative estimate of drug-likeness (QED) is 0.389. The fourth-order valence-electron chi connectivity index (χ4n) is 1.33. The Hall–Kier alpha value is -0.640. The summed E-state index contributed by atoms with van der Waals surface area (Å²) in [4.78, 5) is 11.4. The highest BCUT2D eigenvalue weighted by atomic mass is 31.2. The van der Waals surface area contributed by atoms with Gasteiger partial charge in [-0.25, -0.2) is 4.79 Å². The van der Waals surface area contributed by atoms with Crippen molar-refractivity contribution >= 4 is 13.6 Å². The van der Waals surface area contributed by atoms with Crippen LogP contribution in [0.1, 0.15) is 41.5 Å². The number of hydrogen-bond acceptors (Lipinski definition) is 5. The number of ether oxygens (including phenoxy) is 1. The predicted molar refractivity (Wildman–Crippen MR) is 75.3 cm³/mol. The maximum absolute atomic E-state index is 12.5. The molecule has 0 aliphatic rings. The molecule has 0 spiro atoms. The second-order valence-electron chi connectivity index (χ2n) is 4.71. The zero-order valence-corrected chi connectivity index (χ0v) is 13.5. The SMILES string of the molecule is CCOC(=O)C(C)=CCP(=O)(OC(C)C)OC(C)C. The lowest BCUT2D eigenvalue weighted by Gasteiger charge is -2.21. The third-order valence-corrected chi connectivity index (χ3v) is 4.08. The average molecular weight is 292 g/mol. The minimum atomic E-state index is -3.23. The summed E-state index contributed by atoms with van der Waals surface area (Å²) in [6.07, 6.45) is 1.19. The van der Waals surface area contributed by atoms with Gasteiger partial charge in [0.2, 0.25) is 0 Å². The summed E-state index contributed by atoms with van der Waals surface area (Å²) in [5, 5.41) is 0. The van der Waals surface area contributed by atoms with E-state index < -0.39 is 13.6 Å². The minimum Gasteiger partial charge on any atom is -0.463 e. The molecule has 0 atom stereocenters. The van der Waals surface area contributed by atoms with Crippen LogP contribution >= 0.6 is 7.60 Å². The smallest absolute Gasteiger partial charge is 0.334 e. The number of rotatable bonds is 8. The number of hydrogen-bond donors (Lipinski definition) is 0. The van der Waals surface area contributed by atoms with Gasteiger partial charge in [0.05, 0.1) is 25.0 Å². The summed E-state index contributed by atoms with van der Waals surface area (Å²) in [6, 6.07) is 0. The monoisotopic (exact) mass is 292 g/mol. The fourth-order valence-corrected chi connectivity index (χ4v) is 3.33. The normalized spacial score (nSPS) is 13.2. The Labute approximate surface area is 115 Å². The van der Waals surface area contributed by atoms with Crippen molar-refractivity contribution in [2.24, 2.45) is 0 Å². The lowest BCUT2D eigenvalue weighted by Crippen LogP contribution is -2.11. The van der Waals surface area contributed by atoms with Gasteiger partial charge in [0, 0.05) is 5.57 Å². The van der Waals surface area contributed by atoms with Gasteiger partial charge in [-0.15, -0.1) is 0 Å². The molecular weight excluding hydrogens is 267 g/mol.